The average molecular weight is 123 g/mol. The molecule has 0 amide bonds. The maximum Gasteiger partial charge on any atom is 0.0309 e. The number of allylic oxidation sites excluding steroid dienone is 3. The Morgan fingerprint density at radius 2 is 2.11 bits per heavy atom. The molecule has 0 saturated heterocycles. The topological polar surface area (TPSA) is 23.9 Å². The monoisotopic (exact) mass is 123 g/mol. The quantitative estimate of drug-likeness (QED) is 0.440. The molecule has 0 aliphatic rings. The van der Waals surface area contributed by atoms with Gasteiger partial charge in [-0.2, -0.15) is 0 Å². The molecular weight excluding hydrogens is 110 g/mol. The Hall–Kier alpha value is -0.850. The van der Waals surface area contributed by atoms with Crippen molar-refractivity contribution in [1.82, 2.24) is 0 Å². The van der Waals surface area contributed by atoms with E-state index >= 15 is 0 Å². The third-order valence-corrected chi connectivity index (χ3v) is 1.18. The second-order valence-corrected chi connectivity index (χ2v) is 2.04. The Morgan fingerprint density at radius 1 is 1.56 bits per heavy atom. The molecule has 0 saturated carbocycles. The molecule has 1 N–H and O–H groups in total. The second kappa shape index (κ2) is 4.07. The second-order valence-electron chi connectivity index (χ2n) is 2.04. The van der Waals surface area contributed by atoms with Crippen LogP contribution >= 0.6 is 0 Å². The lowest BCUT2D eigenvalue weighted by atomic mass is 10.2. The molecule has 0 aromatic carbocycles. The van der Waals surface area contributed by atoms with Crippen LogP contribution in [-0.4, -0.2) is 5.71 Å². The molecule has 0 rings (SSSR count). The van der Waals surface area contributed by atoms with Gasteiger partial charge in [0.25, 0.3) is 0 Å². The van der Waals surface area contributed by atoms with E-state index in [2.05, 4.69) is 6.58 Å². The molecular formula is C8H13N. The summed E-state index contributed by atoms with van der Waals surface area (Å²) in [6.07, 6.45) is 4.68. The van der Waals surface area contributed by atoms with Gasteiger partial charge in [-0.3, -0.25) is 0 Å². The average Bonchev–Trinajstić information content (AvgIpc) is 1.82. The van der Waals surface area contributed by atoms with Crippen LogP contribution in [0.3, 0.4) is 0 Å². The first kappa shape index (κ1) is 8.15. The molecule has 0 bridgehead atoms. The van der Waals surface area contributed by atoms with Crippen LogP contribution in [-0.2, 0) is 0 Å². The highest BCUT2D eigenvalue weighted by Gasteiger charge is 1.86. The molecule has 0 fully saturated rings. The highest BCUT2D eigenvalue weighted by atomic mass is 14.4. The normalized spacial score (nSPS) is 11.1. The third kappa shape index (κ3) is 3.71. The van der Waals surface area contributed by atoms with Crippen LogP contribution in [0.4, 0.5) is 0 Å². The van der Waals surface area contributed by atoms with E-state index in [1.54, 1.807) is 6.92 Å². The van der Waals surface area contributed by atoms with E-state index in [1.165, 1.54) is 0 Å². The van der Waals surface area contributed by atoms with Crippen molar-refractivity contribution in [3.8, 4) is 0 Å². The highest BCUT2D eigenvalue weighted by molar-refractivity contribution is 5.94. The van der Waals surface area contributed by atoms with Gasteiger partial charge in [-0.05, 0) is 25.8 Å². The van der Waals surface area contributed by atoms with Crippen LogP contribution in [0.15, 0.2) is 24.3 Å². The van der Waals surface area contributed by atoms with E-state index < -0.39 is 0 Å². The minimum atomic E-state index is 0.636. The fraction of sp³-hybridized carbons (Fsp3) is 0.375. The van der Waals surface area contributed by atoms with E-state index in [0.29, 0.717) is 5.71 Å². The maximum absolute atomic E-state index is 7.18. The Bertz CT molecular complexity index is 143. The van der Waals surface area contributed by atoms with Gasteiger partial charge in [-0.15, -0.1) is 6.58 Å². The van der Waals surface area contributed by atoms with Crippen molar-refractivity contribution in [3.63, 3.8) is 0 Å². The van der Waals surface area contributed by atoms with Crippen LogP contribution in [0.2, 0.25) is 0 Å². The molecule has 9 heavy (non-hydrogen) atoms. The molecule has 1 heteroatoms. The van der Waals surface area contributed by atoms with Gasteiger partial charge in [0.15, 0.2) is 0 Å². The Balaban J connectivity index is 3.83. The van der Waals surface area contributed by atoms with Gasteiger partial charge in [0.1, 0.15) is 0 Å². The van der Waals surface area contributed by atoms with Gasteiger partial charge in [-0.1, -0.05) is 12.2 Å². The summed E-state index contributed by atoms with van der Waals surface area (Å²) in [5, 5.41) is 7.18. The molecule has 0 unspecified atom stereocenters. The Morgan fingerprint density at radius 3 is 2.44 bits per heavy atom. The molecule has 50 valence electrons. The zero-order valence-electron chi connectivity index (χ0n) is 6.07. The van der Waals surface area contributed by atoms with Crippen molar-refractivity contribution in [1.29, 1.82) is 5.41 Å². The predicted molar refractivity (Wildman–Crippen MR) is 42.0 cm³/mol. The Labute approximate surface area is 56.6 Å². The molecule has 0 aliphatic carbocycles. The third-order valence-electron chi connectivity index (χ3n) is 1.18. The van der Waals surface area contributed by atoms with Crippen LogP contribution < -0.4 is 0 Å². The molecule has 1 nitrogen and oxygen atoms in total. The summed E-state index contributed by atoms with van der Waals surface area (Å²) in [4.78, 5) is 0. The molecule has 0 aromatic rings. The van der Waals surface area contributed by atoms with E-state index in [0.717, 1.165) is 12.0 Å². The van der Waals surface area contributed by atoms with E-state index in [9.17, 15) is 0 Å². The van der Waals surface area contributed by atoms with Crippen LogP contribution in [0.25, 0.3) is 0 Å². The van der Waals surface area contributed by atoms with Crippen molar-refractivity contribution in [2.45, 2.75) is 20.3 Å². The summed E-state index contributed by atoms with van der Waals surface area (Å²) in [7, 11) is 0. The molecule has 0 aromatic heterocycles. The fourth-order valence-electron chi connectivity index (χ4n) is 0.413. The summed E-state index contributed by atoms with van der Waals surface area (Å²) in [5.41, 5.74) is 1.67. The lowest BCUT2D eigenvalue weighted by Gasteiger charge is -1.92. The first-order valence-corrected chi connectivity index (χ1v) is 3.01. The smallest absolute Gasteiger partial charge is 0.0309 e. The van der Waals surface area contributed by atoms with Gasteiger partial charge < -0.3 is 5.41 Å². The number of nitrogens with one attached hydrogen (secondary N) is 1. The lowest BCUT2D eigenvalue weighted by molar-refractivity contribution is 1.33. The standard InChI is InChI=1S/C8H13N/c1-4-5-6-7(2)8(3)9/h4,6,9H,1,5H2,2-3H3. The van der Waals surface area contributed by atoms with Gasteiger partial charge in [-0.25, -0.2) is 0 Å². The number of hydrogen-bond donors (Lipinski definition) is 1. The molecule has 0 radical (unpaired) electrons. The largest absolute Gasteiger partial charge is 0.305 e. The van der Waals surface area contributed by atoms with E-state index in [-0.39, 0.29) is 0 Å². The number of rotatable bonds is 3. The van der Waals surface area contributed by atoms with Crippen molar-refractivity contribution in [2.75, 3.05) is 0 Å². The predicted octanol–water partition coefficient (Wildman–Crippen LogP) is 2.55. The minimum absolute atomic E-state index is 0.636. The van der Waals surface area contributed by atoms with Gasteiger partial charge in [0.05, 0.1) is 0 Å². The SMILES string of the molecule is C=CCC=C(C)C(C)=N. The molecule has 0 heterocycles. The van der Waals surface area contributed by atoms with Gasteiger partial charge >= 0.3 is 0 Å². The van der Waals surface area contributed by atoms with Gasteiger partial charge in [0.2, 0.25) is 0 Å². The van der Waals surface area contributed by atoms with Crippen molar-refractivity contribution in [3.05, 3.63) is 24.3 Å². The summed E-state index contributed by atoms with van der Waals surface area (Å²) in [6.45, 7) is 7.30. The summed E-state index contributed by atoms with van der Waals surface area (Å²) in [5.74, 6) is 0. The van der Waals surface area contributed by atoms with E-state index in [4.69, 9.17) is 5.41 Å². The van der Waals surface area contributed by atoms with Crippen LogP contribution in [0.1, 0.15) is 20.3 Å². The molecule has 0 aliphatic heterocycles. The lowest BCUT2D eigenvalue weighted by Crippen LogP contribution is -1.88. The summed E-state index contributed by atoms with van der Waals surface area (Å²) in [6, 6.07) is 0. The minimum Gasteiger partial charge on any atom is -0.305 e. The maximum atomic E-state index is 7.18. The molecule has 0 spiro atoms. The zero-order valence-corrected chi connectivity index (χ0v) is 6.07. The Kier molecular flexibility index (Phi) is 3.69. The first-order chi connectivity index (χ1) is 4.18. The van der Waals surface area contributed by atoms with Crippen LogP contribution in [0, 0.1) is 5.41 Å². The number of hydrogen-bond acceptors (Lipinski definition) is 1. The van der Waals surface area contributed by atoms with Crippen LogP contribution in [0.5, 0.6) is 0 Å². The summed E-state index contributed by atoms with van der Waals surface area (Å²) >= 11 is 0. The zero-order chi connectivity index (χ0) is 7.28. The first-order valence-electron chi connectivity index (χ1n) is 3.01. The van der Waals surface area contributed by atoms with Gasteiger partial charge in [0, 0.05) is 5.71 Å². The van der Waals surface area contributed by atoms with E-state index in [1.807, 2.05) is 19.1 Å². The summed E-state index contributed by atoms with van der Waals surface area (Å²) < 4.78 is 0. The molecule has 0 atom stereocenters. The fourth-order valence-corrected chi connectivity index (χ4v) is 0.413. The van der Waals surface area contributed by atoms with Crippen molar-refractivity contribution < 1.29 is 0 Å². The van der Waals surface area contributed by atoms with Crippen molar-refractivity contribution in [2.24, 2.45) is 0 Å². The van der Waals surface area contributed by atoms with Crippen molar-refractivity contribution >= 4 is 5.71 Å². The highest BCUT2D eigenvalue weighted by Crippen LogP contribution is 1.96.